The van der Waals surface area contributed by atoms with Crippen molar-refractivity contribution in [3.8, 4) is 11.5 Å². The molecule has 132 valence electrons. The number of pyridine rings is 1. The van der Waals surface area contributed by atoms with Crippen LogP contribution in [0.5, 0.6) is 11.5 Å². The Morgan fingerprint density at radius 2 is 2.00 bits per heavy atom. The van der Waals surface area contributed by atoms with Gasteiger partial charge < -0.3 is 9.47 Å². The fraction of sp³-hybridized carbons (Fsp3) is 0.136. The lowest BCUT2D eigenvalue weighted by atomic mass is 10.1. The number of carbonyl (C=O) groups excluding carboxylic acids is 2. The van der Waals surface area contributed by atoms with Crippen LogP contribution in [0.15, 0.2) is 60.5 Å². The van der Waals surface area contributed by atoms with E-state index in [1.165, 1.54) is 0 Å². The topological polar surface area (TPSA) is 65.5 Å². The summed E-state index contributed by atoms with van der Waals surface area (Å²) in [6.07, 6.45) is 5.19. The van der Waals surface area contributed by atoms with E-state index in [4.69, 9.17) is 9.47 Å². The van der Waals surface area contributed by atoms with Gasteiger partial charge in [-0.3, -0.25) is 14.6 Å². The molecule has 0 atom stereocenters. The standard InChI is InChI=1S/C22H15NO4/c24-21-17-8-7-15(26-22(25)13-5-6-13)12-19(17)27-20(21)11-14-9-10-23-18-4-2-1-3-16(14)18/h1-4,7-13H,5-6H2/b20-11-. The molecule has 3 aromatic rings. The molecule has 0 amide bonds. The number of rotatable bonds is 3. The highest BCUT2D eigenvalue weighted by atomic mass is 16.5. The van der Waals surface area contributed by atoms with Gasteiger partial charge in [0.25, 0.3) is 0 Å². The maximum atomic E-state index is 12.7. The summed E-state index contributed by atoms with van der Waals surface area (Å²) >= 11 is 0. The normalized spacial score (nSPS) is 17.0. The predicted molar refractivity (Wildman–Crippen MR) is 99.5 cm³/mol. The van der Waals surface area contributed by atoms with Gasteiger partial charge in [0.05, 0.1) is 17.0 Å². The Morgan fingerprint density at radius 3 is 2.85 bits per heavy atom. The molecule has 27 heavy (non-hydrogen) atoms. The molecule has 1 aromatic heterocycles. The summed E-state index contributed by atoms with van der Waals surface area (Å²) in [4.78, 5) is 28.8. The number of fused-ring (bicyclic) bond motifs is 2. The summed E-state index contributed by atoms with van der Waals surface area (Å²) in [5.74, 6) is 0.646. The first-order valence-electron chi connectivity index (χ1n) is 8.83. The zero-order chi connectivity index (χ0) is 18.4. The second kappa shape index (κ2) is 6.06. The van der Waals surface area contributed by atoms with Crippen LogP contribution in [-0.4, -0.2) is 16.7 Å². The van der Waals surface area contributed by atoms with Crippen molar-refractivity contribution in [2.45, 2.75) is 12.8 Å². The van der Waals surface area contributed by atoms with Crippen molar-refractivity contribution >= 4 is 28.7 Å². The summed E-state index contributed by atoms with van der Waals surface area (Å²) in [6.45, 7) is 0. The second-order valence-corrected chi connectivity index (χ2v) is 6.71. The van der Waals surface area contributed by atoms with Gasteiger partial charge in [-0.15, -0.1) is 0 Å². The van der Waals surface area contributed by atoms with Crippen LogP contribution in [0.2, 0.25) is 0 Å². The molecule has 2 aliphatic rings. The van der Waals surface area contributed by atoms with Crippen LogP contribution in [-0.2, 0) is 4.79 Å². The van der Waals surface area contributed by atoms with Crippen molar-refractivity contribution < 1.29 is 19.1 Å². The number of hydrogen-bond donors (Lipinski definition) is 0. The zero-order valence-corrected chi connectivity index (χ0v) is 14.3. The van der Waals surface area contributed by atoms with E-state index in [1.807, 2.05) is 30.3 Å². The molecule has 2 heterocycles. The minimum Gasteiger partial charge on any atom is -0.452 e. The van der Waals surface area contributed by atoms with Crippen LogP contribution in [0, 0.1) is 5.92 Å². The number of ketones is 1. The molecule has 0 bridgehead atoms. The highest BCUT2D eigenvalue weighted by Crippen LogP contribution is 2.37. The van der Waals surface area contributed by atoms with E-state index < -0.39 is 0 Å². The van der Waals surface area contributed by atoms with Gasteiger partial charge in [-0.25, -0.2) is 0 Å². The molecule has 0 unspecified atom stereocenters. The third-order valence-electron chi connectivity index (χ3n) is 4.74. The van der Waals surface area contributed by atoms with E-state index >= 15 is 0 Å². The van der Waals surface area contributed by atoms with Gasteiger partial charge in [0.2, 0.25) is 5.78 Å². The predicted octanol–water partition coefficient (Wildman–Crippen LogP) is 4.17. The van der Waals surface area contributed by atoms with Crippen molar-refractivity contribution in [1.82, 2.24) is 4.98 Å². The second-order valence-electron chi connectivity index (χ2n) is 6.71. The molecule has 5 heteroatoms. The summed E-state index contributed by atoms with van der Waals surface area (Å²) in [6, 6.07) is 14.4. The minimum absolute atomic E-state index is 0.0104. The van der Waals surface area contributed by atoms with Crippen molar-refractivity contribution in [2.24, 2.45) is 5.92 Å². The maximum Gasteiger partial charge on any atom is 0.314 e. The van der Waals surface area contributed by atoms with Crippen LogP contribution in [0.1, 0.15) is 28.8 Å². The van der Waals surface area contributed by atoms with E-state index in [0.29, 0.717) is 17.1 Å². The third-order valence-corrected chi connectivity index (χ3v) is 4.74. The van der Waals surface area contributed by atoms with E-state index in [9.17, 15) is 9.59 Å². The molecule has 1 saturated carbocycles. The molecule has 5 rings (SSSR count). The van der Waals surface area contributed by atoms with Crippen LogP contribution in [0.25, 0.3) is 17.0 Å². The Bertz CT molecular complexity index is 1120. The van der Waals surface area contributed by atoms with Crippen LogP contribution in [0.4, 0.5) is 0 Å². The monoisotopic (exact) mass is 357 g/mol. The molecule has 0 spiro atoms. The summed E-state index contributed by atoms with van der Waals surface area (Å²) < 4.78 is 11.1. The number of hydrogen-bond acceptors (Lipinski definition) is 5. The van der Waals surface area contributed by atoms with Crippen LogP contribution in [0.3, 0.4) is 0 Å². The fourth-order valence-electron chi connectivity index (χ4n) is 3.13. The molecule has 1 fully saturated rings. The number of para-hydroxylation sites is 1. The van der Waals surface area contributed by atoms with Crippen LogP contribution < -0.4 is 9.47 Å². The molecular formula is C22H15NO4. The first-order chi connectivity index (χ1) is 13.2. The molecule has 2 aromatic carbocycles. The number of benzene rings is 2. The Kier molecular flexibility index (Phi) is 3.53. The van der Waals surface area contributed by atoms with Crippen molar-refractivity contribution in [3.63, 3.8) is 0 Å². The minimum atomic E-state index is -0.224. The zero-order valence-electron chi connectivity index (χ0n) is 14.3. The van der Waals surface area contributed by atoms with Gasteiger partial charge in [-0.2, -0.15) is 0 Å². The fourth-order valence-corrected chi connectivity index (χ4v) is 3.13. The lowest BCUT2D eigenvalue weighted by Gasteiger charge is -2.05. The number of Topliss-reactive ketones (excluding diaryl/α,β-unsaturated/α-hetero) is 1. The van der Waals surface area contributed by atoms with Crippen molar-refractivity contribution in [1.29, 1.82) is 0 Å². The average Bonchev–Trinajstić information content (AvgIpc) is 3.49. The number of aromatic nitrogens is 1. The number of ether oxygens (including phenoxy) is 2. The van der Waals surface area contributed by atoms with E-state index in [-0.39, 0.29) is 23.4 Å². The molecule has 5 nitrogen and oxygen atoms in total. The van der Waals surface area contributed by atoms with E-state index in [2.05, 4.69) is 4.98 Å². The molecular weight excluding hydrogens is 342 g/mol. The average molecular weight is 357 g/mol. The first kappa shape index (κ1) is 15.8. The maximum absolute atomic E-state index is 12.7. The Morgan fingerprint density at radius 1 is 1.15 bits per heavy atom. The van der Waals surface area contributed by atoms with E-state index in [0.717, 1.165) is 29.3 Å². The summed E-state index contributed by atoms with van der Waals surface area (Å²) in [7, 11) is 0. The number of carbonyl (C=O) groups is 2. The molecule has 0 saturated heterocycles. The lowest BCUT2D eigenvalue weighted by molar-refractivity contribution is -0.135. The smallest absolute Gasteiger partial charge is 0.314 e. The third kappa shape index (κ3) is 2.87. The SMILES string of the molecule is O=C1/C(=C/c2ccnc3ccccc23)Oc2cc(OC(=O)C3CC3)ccc21. The van der Waals surface area contributed by atoms with Gasteiger partial charge in [-0.05, 0) is 48.7 Å². The van der Waals surface area contributed by atoms with Gasteiger partial charge in [0.1, 0.15) is 11.5 Å². The lowest BCUT2D eigenvalue weighted by Crippen LogP contribution is -2.09. The number of nitrogens with zero attached hydrogens (tertiary/aromatic N) is 1. The largest absolute Gasteiger partial charge is 0.452 e. The number of allylic oxidation sites excluding steroid dienone is 1. The van der Waals surface area contributed by atoms with Gasteiger partial charge in [-0.1, -0.05) is 18.2 Å². The molecule has 0 N–H and O–H groups in total. The highest BCUT2D eigenvalue weighted by Gasteiger charge is 2.33. The first-order valence-corrected chi connectivity index (χ1v) is 8.83. The quantitative estimate of drug-likeness (QED) is 0.400. The van der Waals surface area contributed by atoms with Crippen LogP contribution >= 0.6 is 0 Å². The van der Waals surface area contributed by atoms with Crippen molar-refractivity contribution in [3.05, 3.63) is 71.6 Å². The Balaban J connectivity index is 1.46. The van der Waals surface area contributed by atoms with Crippen molar-refractivity contribution in [2.75, 3.05) is 0 Å². The molecule has 1 aliphatic heterocycles. The molecule has 0 radical (unpaired) electrons. The number of esters is 1. The van der Waals surface area contributed by atoms with Gasteiger partial charge in [0.15, 0.2) is 5.76 Å². The Labute approximate surface area is 155 Å². The van der Waals surface area contributed by atoms with Gasteiger partial charge >= 0.3 is 5.97 Å². The van der Waals surface area contributed by atoms with E-state index in [1.54, 1.807) is 30.5 Å². The molecule has 1 aliphatic carbocycles. The Hall–Kier alpha value is -3.47. The summed E-state index contributed by atoms with van der Waals surface area (Å²) in [5, 5.41) is 0.943. The highest BCUT2D eigenvalue weighted by molar-refractivity contribution is 6.15. The van der Waals surface area contributed by atoms with Gasteiger partial charge in [0, 0.05) is 17.6 Å². The summed E-state index contributed by atoms with van der Waals surface area (Å²) in [5.41, 5.74) is 2.17.